The molecule has 0 heterocycles. The largest absolute Gasteiger partial charge is 0.505 e. The Morgan fingerprint density at radius 3 is 2.81 bits per heavy atom. The van der Waals surface area contributed by atoms with Crippen LogP contribution in [0.25, 0.3) is 0 Å². The van der Waals surface area contributed by atoms with Crippen molar-refractivity contribution in [1.29, 1.82) is 0 Å². The Kier molecular flexibility index (Phi) is 2.91. The third kappa shape index (κ3) is 2.22. The summed E-state index contributed by atoms with van der Waals surface area (Å²) in [6.45, 7) is 2.01. The Balaban J connectivity index is 2.32. The van der Waals surface area contributed by atoms with Crippen molar-refractivity contribution in [3.63, 3.8) is 0 Å². The van der Waals surface area contributed by atoms with Crippen LogP contribution in [0.2, 0.25) is 0 Å². The lowest BCUT2D eigenvalue weighted by atomic mass is 9.98. The summed E-state index contributed by atoms with van der Waals surface area (Å²) in [5.74, 6) is -0.823. The summed E-state index contributed by atoms with van der Waals surface area (Å²) >= 11 is 0. The third-order valence-electron chi connectivity index (χ3n) is 2.60. The topological polar surface area (TPSA) is 20.2 Å². The normalized spacial score (nSPS) is 19.4. The molecule has 16 heavy (non-hydrogen) atoms. The van der Waals surface area contributed by atoms with Gasteiger partial charge in [-0.2, -0.15) is 0 Å². The molecule has 2 rings (SSSR count). The van der Waals surface area contributed by atoms with E-state index >= 15 is 0 Å². The smallest absolute Gasteiger partial charge is 0.165 e. The Bertz CT molecular complexity index is 484. The average Bonchev–Trinajstić information content (AvgIpc) is 2.47. The summed E-state index contributed by atoms with van der Waals surface area (Å²) in [5, 5.41) is 9.12. The van der Waals surface area contributed by atoms with E-state index in [-0.39, 0.29) is 11.7 Å². The second kappa shape index (κ2) is 4.35. The molecule has 1 nitrogen and oxygen atoms in total. The maximum Gasteiger partial charge on any atom is 0.165 e. The van der Waals surface area contributed by atoms with Crippen LogP contribution in [0.5, 0.6) is 5.75 Å². The van der Waals surface area contributed by atoms with E-state index in [1.807, 2.05) is 37.3 Å². The second-order valence-corrected chi connectivity index (χ2v) is 3.89. The number of benzene rings is 1. The lowest BCUT2D eigenvalue weighted by Gasteiger charge is -2.08. The maximum absolute atomic E-state index is 13.2. The highest BCUT2D eigenvalue weighted by Gasteiger charge is 2.08. The lowest BCUT2D eigenvalue weighted by molar-refractivity contribution is 0.432. The van der Waals surface area contributed by atoms with Crippen molar-refractivity contribution in [2.45, 2.75) is 12.8 Å². The van der Waals surface area contributed by atoms with E-state index in [4.69, 9.17) is 5.11 Å². The highest BCUT2D eigenvalue weighted by atomic mass is 19.1. The maximum atomic E-state index is 13.2. The molecule has 0 saturated carbocycles. The first kappa shape index (κ1) is 10.7. The Labute approximate surface area is 94.2 Å². The molecule has 0 fully saturated rings. The van der Waals surface area contributed by atoms with Crippen LogP contribution in [0.15, 0.2) is 54.2 Å². The van der Waals surface area contributed by atoms with Crippen molar-refractivity contribution in [3.05, 3.63) is 65.5 Å². The predicted octanol–water partition coefficient (Wildman–Crippen LogP) is 3.69. The number of hydrogen-bond acceptors (Lipinski definition) is 1. The molecule has 0 aliphatic heterocycles. The standard InChI is InChI=1S/C14H13FO/c1-10-3-2-4-11(6-5-10)12-7-8-14(16)13(15)9-12/h2-9,11,16H,1H3. The first-order chi connectivity index (χ1) is 7.66. The van der Waals surface area contributed by atoms with Gasteiger partial charge in [-0.05, 0) is 24.6 Å². The molecule has 1 atom stereocenters. The number of halogens is 1. The number of phenols is 1. The van der Waals surface area contributed by atoms with E-state index in [1.54, 1.807) is 6.07 Å². The zero-order valence-electron chi connectivity index (χ0n) is 9.02. The van der Waals surface area contributed by atoms with Gasteiger partial charge >= 0.3 is 0 Å². The third-order valence-corrected chi connectivity index (χ3v) is 2.60. The summed E-state index contributed by atoms with van der Waals surface area (Å²) in [6, 6.07) is 4.49. The van der Waals surface area contributed by atoms with Crippen molar-refractivity contribution >= 4 is 0 Å². The van der Waals surface area contributed by atoms with Crippen molar-refractivity contribution in [2.75, 3.05) is 0 Å². The molecule has 0 aromatic heterocycles. The Morgan fingerprint density at radius 2 is 2.06 bits per heavy atom. The van der Waals surface area contributed by atoms with Gasteiger partial charge in [0.2, 0.25) is 0 Å². The summed E-state index contributed by atoms with van der Waals surface area (Å²) < 4.78 is 13.2. The van der Waals surface area contributed by atoms with Gasteiger partial charge in [0.05, 0.1) is 0 Å². The average molecular weight is 216 g/mol. The fraction of sp³-hybridized carbons (Fsp3) is 0.143. The summed E-state index contributed by atoms with van der Waals surface area (Å²) in [7, 11) is 0. The molecule has 0 radical (unpaired) electrons. The van der Waals surface area contributed by atoms with Gasteiger partial charge in [-0.3, -0.25) is 0 Å². The first-order valence-corrected chi connectivity index (χ1v) is 5.18. The van der Waals surface area contributed by atoms with Gasteiger partial charge in [0.15, 0.2) is 11.6 Å². The monoisotopic (exact) mass is 216 g/mol. The number of phenolic OH excluding ortho intramolecular Hbond substituents is 1. The van der Waals surface area contributed by atoms with E-state index < -0.39 is 5.82 Å². The van der Waals surface area contributed by atoms with Crippen LogP contribution >= 0.6 is 0 Å². The highest BCUT2D eigenvalue weighted by Crippen LogP contribution is 2.25. The molecule has 0 amide bonds. The molecule has 0 bridgehead atoms. The first-order valence-electron chi connectivity index (χ1n) is 5.18. The Hall–Kier alpha value is -1.83. The number of aromatic hydroxyl groups is 1. The van der Waals surface area contributed by atoms with Crippen LogP contribution in [0.4, 0.5) is 4.39 Å². The minimum absolute atomic E-state index is 0.0591. The minimum Gasteiger partial charge on any atom is -0.505 e. The summed E-state index contributed by atoms with van der Waals surface area (Å²) in [4.78, 5) is 0. The van der Waals surface area contributed by atoms with Gasteiger partial charge in [0.25, 0.3) is 0 Å². The second-order valence-electron chi connectivity index (χ2n) is 3.89. The lowest BCUT2D eigenvalue weighted by Crippen LogP contribution is -1.91. The van der Waals surface area contributed by atoms with Gasteiger partial charge < -0.3 is 5.11 Å². The van der Waals surface area contributed by atoms with Gasteiger partial charge in [-0.1, -0.05) is 42.0 Å². The van der Waals surface area contributed by atoms with Gasteiger partial charge in [-0.15, -0.1) is 0 Å². The molecule has 0 saturated heterocycles. The summed E-state index contributed by atoms with van der Waals surface area (Å²) in [6.07, 6.45) is 9.99. The number of hydrogen-bond donors (Lipinski definition) is 1. The van der Waals surface area contributed by atoms with Crippen LogP contribution in [0.1, 0.15) is 18.4 Å². The zero-order chi connectivity index (χ0) is 11.5. The van der Waals surface area contributed by atoms with Crippen LogP contribution in [-0.4, -0.2) is 5.11 Å². The fourth-order valence-corrected chi connectivity index (χ4v) is 1.65. The molecule has 2 heteroatoms. The highest BCUT2D eigenvalue weighted by molar-refractivity contribution is 5.38. The SMILES string of the molecule is CC1=CC=CC(c2ccc(O)c(F)c2)C=C1. The van der Waals surface area contributed by atoms with E-state index in [0.717, 1.165) is 11.1 Å². The van der Waals surface area contributed by atoms with Crippen LogP contribution in [0.3, 0.4) is 0 Å². The quantitative estimate of drug-likeness (QED) is 0.759. The number of allylic oxidation sites excluding steroid dienone is 6. The van der Waals surface area contributed by atoms with E-state index in [0.29, 0.717) is 0 Å². The molecular formula is C14H13FO. The van der Waals surface area contributed by atoms with Crippen LogP contribution < -0.4 is 0 Å². The van der Waals surface area contributed by atoms with E-state index in [1.165, 1.54) is 12.1 Å². The van der Waals surface area contributed by atoms with Crippen molar-refractivity contribution < 1.29 is 9.50 Å². The molecule has 1 aliphatic carbocycles. The zero-order valence-corrected chi connectivity index (χ0v) is 9.02. The fourth-order valence-electron chi connectivity index (χ4n) is 1.65. The molecular weight excluding hydrogens is 203 g/mol. The van der Waals surface area contributed by atoms with E-state index in [2.05, 4.69) is 0 Å². The Morgan fingerprint density at radius 1 is 1.25 bits per heavy atom. The molecule has 1 N–H and O–H groups in total. The van der Waals surface area contributed by atoms with Gasteiger partial charge in [0, 0.05) is 5.92 Å². The van der Waals surface area contributed by atoms with Gasteiger partial charge in [-0.25, -0.2) is 4.39 Å². The molecule has 1 unspecified atom stereocenters. The minimum atomic E-state index is -0.576. The summed E-state index contributed by atoms with van der Waals surface area (Å²) in [5.41, 5.74) is 2.00. The molecule has 0 spiro atoms. The van der Waals surface area contributed by atoms with Crippen molar-refractivity contribution in [3.8, 4) is 5.75 Å². The molecule has 1 aromatic carbocycles. The van der Waals surface area contributed by atoms with Gasteiger partial charge in [0.1, 0.15) is 0 Å². The molecule has 1 aliphatic rings. The van der Waals surface area contributed by atoms with Crippen LogP contribution in [-0.2, 0) is 0 Å². The predicted molar refractivity (Wildman–Crippen MR) is 62.8 cm³/mol. The molecule has 1 aromatic rings. The molecule has 82 valence electrons. The van der Waals surface area contributed by atoms with Crippen LogP contribution in [0, 0.1) is 5.82 Å². The number of rotatable bonds is 1. The van der Waals surface area contributed by atoms with Crippen molar-refractivity contribution in [1.82, 2.24) is 0 Å². The van der Waals surface area contributed by atoms with Crippen molar-refractivity contribution in [2.24, 2.45) is 0 Å². The van der Waals surface area contributed by atoms with E-state index in [9.17, 15) is 4.39 Å².